The predicted octanol–water partition coefficient (Wildman–Crippen LogP) is 3.15. The highest BCUT2D eigenvalue weighted by Gasteiger charge is 2.34. The molecule has 0 saturated carbocycles. The maximum atomic E-state index is 12.4. The molecule has 0 bridgehead atoms. The second-order valence-corrected chi connectivity index (χ2v) is 5.92. The first-order valence-corrected chi connectivity index (χ1v) is 7.84. The molecule has 1 aromatic carbocycles. The molecule has 0 radical (unpaired) electrons. The summed E-state index contributed by atoms with van der Waals surface area (Å²) in [5.74, 6) is -0.322. The number of benzene rings is 1. The van der Waals surface area contributed by atoms with Crippen LogP contribution < -0.4 is 5.32 Å². The molecule has 0 unspecified atom stereocenters. The van der Waals surface area contributed by atoms with Crippen molar-refractivity contribution in [2.45, 2.75) is 19.9 Å². The molecule has 0 aromatic heterocycles. The van der Waals surface area contributed by atoms with Crippen molar-refractivity contribution < 1.29 is 9.53 Å². The van der Waals surface area contributed by atoms with E-state index < -0.39 is 0 Å². The molecule has 0 fully saturated rings. The fourth-order valence-corrected chi connectivity index (χ4v) is 3.02. The number of thiocarbonyl (C=S) groups is 1. The summed E-state index contributed by atoms with van der Waals surface area (Å²) in [6, 6.07) is 7.45. The average molecular weight is 369 g/mol. The lowest BCUT2D eigenvalue weighted by Gasteiger charge is -2.35. The van der Waals surface area contributed by atoms with E-state index in [0.717, 1.165) is 15.7 Å². The quantitative estimate of drug-likeness (QED) is 0.655. The largest absolute Gasteiger partial charge is 0.463 e. The van der Waals surface area contributed by atoms with Crippen LogP contribution in [0.1, 0.15) is 25.5 Å². The summed E-state index contributed by atoms with van der Waals surface area (Å²) in [4.78, 5) is 14.1. The second kappa shape index (κ2) is 6.58. The van der Waals surface area contributed by atoms with Crippen LogP contribution in [0.5, 0.6) is 0 Å². The molecule has 2 rings (SSSR count). The Morgan fingerprint density at radius 2 is 2.14 bits per heavy atom. The van der Waals surface area contributed by atoms with Crippen molar-refractivity contribution in [2.75, 3.05) is 13.7 Å². The van der Waals surface area contributed by atoms with E-state index in [0.29, 0.717) is 17.3 Å². The smallest absolute Gasteiger partial charge is 0.338 e. The Morgan fingerprint density at radius 1 is 1.48 bits per heavy atom. The highest BCUT2D eigenvalue weighted by molar-refractivity contribution is 9.10. The van der Waals surface area contributed by atoms with E-state index in [2.05, 4.69) is 21.2 Å². The van der Waals surface area contributed by atoms with Crippen LogP contribution in [0, 0.1) is 0 Å². The normalized spacial score (nSPS) is 18.6. The first-order chi connectivity index (χ1) is 9.97. The van der Waals surface area contributed by atoms with E-state index in [1.54, 1.807) is 11.8 Å². The third kappa shape index (κ3) is 3.11. The highest BCUT2D eigenvalue weighted by atomic mass is 79.9. The second-order valence-electron chi connectivity index (χ2n) is 4.68. The van der Waals surface area contributed by atoms with Gasteiger partial charge in [0, 0.05) is 17.2 Å². The fourth-order valence-electron chi connectivity index (χ4n) is 2.25. The summed E-state index contributed by atoms with van der Waals surface area (Å²) in [5.41, 5.74) is 2.34. The number of hydrogen-bond acceptors (Lipinski definition) is 3. The van der Waals surface area contributed by atoms with Crippen LogP contribution in [0.2, 0.25) is 0 Å². The lowest BCUT2D eigenvalue weighted by Crippen LogP contribution is -2.46. The summed E-state index contributed by atoms with van der Waals surface area (Å²) in [5, 5.41) is 3.80. The lowest BCUT2D eigenvalue weighted by molar-refractivity contribution is -0.139. The zero-order valence-electron chi connectivity index (χ0n) is 12.1. The number of nitrogens with one attached hydrogen (secondary N) is 1. The fraction of sp³-hybridized carbons (Fsp3) is 0.333. The molecule has 1 aliphatic rings. The van der Waals surface area contributed by atoms with Crippen molar-refractivity contribution in [1.29, 1.82) is 0 Å². The molecule has 0 amide bonds. The minimum atomic E-state index is -0.322. The molecule has 0 aliphatic carbocycles. The Bertz CT molecular complexity index is 615. The monoisotopic (exact) mass is 368 g/mol. The van der Waals surface area contributed by atoms with Gasteiger partial charge in [0.1, 0.15) is 0 Å². The maximum absolute atomic E-state index is 12.4. The Hall–Kier alpha value is -1.40. The highest BCUT2D eigenvalue weighted by Crippen LogP contribution is 2.34. The third-order valence-corrected chi connectivity index (χ3v) is 4.58. The van der Waals surface area contributed by atoms with Gasteiger partial charge in [0.25, 0.3) is 0 Å². The van der Waals surface area contributed by atoms with Gasteiger partial charge in [-0.25, -0.2) is 4.79 Å². The standard InChI is InChI=1S/C15H17BrN2O2S/c1-4-20-14(19)12-9(2)18(3)15(21)17-13(12)10-7-5-6-8-11(10)16/h5-8,13H,4H2,1-3H3,(H,17,21)/t13-/m0/s1. The third-order valence-electron chi connectivity index (χ3n) is 3.47. The molecule has 0 saturated heterocycles. The van der Waals surface area contributed by atoms with E-state index in [9.17, 15) is 4.79 Å². The van der Waals surface area contributed by atoms with Crippen LogP contribution in [0.15, 0.2) is 40.0 Å². The van der Waals surface area contributed by atoms with E-state index >= 15 is 0 Å². The van der Waals surface area contributed by atoms with Gasteiger partial charge in [-0.1, -0.05) is 34.1 Å². The van der Waals surface area contributed by atoms with E-state index in [1.807, 2.05) is 38.2 Å². The van der Waals surface area contributed by atoms with Crippen molar-refractivity contribution in [1.82, 2.24) is 10.2 Å². The maximum Gasteiger partial charge on any atom is 0.338 e. The Labute approximate surface area is 138 Å². The van der Waals surface area contributed by atoms with Crippen LogP contribution in [0.4, 0.5) is 0 Å². The molecule has 0 spiro atoms. The number of carbonyl (C=O) groups is 1. The number of allylic oxidation sites excluding steroid dienone is 1. The summed E-state index contributed by atoms with van der Waals surface area (Å²) in [6.07, 6.45) is 0. The lowest BCUT2D eigenvalue weighted by atomic mass is 9.95. The van der Waals surface area contributed by atoms with Gasteiger partial charge in [0.2, 0.25) is 0 Å². The number of halogens is 1. The van der Waals surface area contributed by atoms with E-state index in [1.165, 1.54) is 0 Å². The summed E-state index contributed by atoms with van der Waals surface area (Å²) in [6.45, 7) is 4.02. The molecule has 1 aliphatic heterocycles. The minimum absolute atomic E-state index is 0.316. The predicted molar refractivity (Wildman–Crippen MR) is 89.7 cm³/mol. The molecule has 1 N–H and O–H groups in total. The average Bonchev–Trinajstić information content (AvgIpc) is 2.45. The first kappa shape index (κ1) is 16.0. The summed E-state index contributed by atoms with van der Waals surface area (Å²) < 4.78 is 6.13. The number of esters is 1. The van der Waals surface area contributed by atoms with Crippen LogP contribution in [0.3, 0.4) is 0 Å². The van der Waals surface area contributed by atoms with Crippen LogP contribution >= 0.6 is 28.1 Å². The number of nitrogens with zero attached hydrogens (tertiary/aromatic N) is 1. The molecule has 112 valence electrons. The van der Waals surface area contributed by atoms with Crippen molar-refractivity contribution in [3.05, 3.63) is 45.6 Å². The van der Waals surface area contributed by atoms with Crippen molar-refractivity contribution >= 4 is 39.2 Å². The Morgan fingerprint density at radius 3 is 2.76 bits per heavy atom. The molecule has 4 nitrogen and oxygen atoms in total. The zero-order chi connectivity index (χ0) is 15.6. The molecular weight excluding hydrogens is 352 g/mol. The Balaban J connectivity index is 2.54. The van der Waals surface area contributed by atoms with E-state index in [4.69, 9.17) is 17.0 Å². The molecule has 1 aromatic rings. The zero-order valence-corrected chi connectivity index (χ0v) is 14.5. The number of hydrogen-bond donors (Lipinski definition) is 1. The molecule has 6 heteroatoms. The van der Waals surface area contributed by atoms with Crippen molar-refractivity contribution in [3.63, 3.8) is 0 Å². The van der Waals surface area contributed by atoms with Gasteiger partial charge in [-0.15, -0.1) is 0 Å². The summed E-state index contributed by atoms with van der Waals surface area (Å²) in [7, 11) is 1.83. The molecule has 1 atom stereocenters. The van der Waals surface area contributed by atoms with Crippen molar-refractivity contribution in [2.24, 2.45) is 0 Å². The number of rotatable bonds is 3. The van der Waals surface area contributed by atoms with Gasteiger partial charge in [0.05, 0.1) is 18.2 Å². The van der Waals surface area contributed by atoms with Gasteiger partial charge < -0.3 is 15.0 Å². The minimum Gasteiger partial charge on any atom is -0.463 e. The van der Waals surface area contributed by atoms with Gasteiger partial charge in [0.15, 0.2) is 5.11 Å². The van der Waals surface area contributed by atoms with Crippen molar-refractivity contribution in [3.8, 4) is 0 Å². The number of carbonyl (C=O) groups excluding carboxylic acids is 1. The van der Waals surface area contributed by atoms with E-state index in [-0.39, 0.29) is 12.0 Å². The number of ether oxygens (including phenoxy) is 1. The van der Waals surface area contributed by atoms with Gasteiger partial charge >= 0.3 is 5.97 Å². The van der Waals surface area contributed by atoms with Gasteiger partial charge in [-0.2, -0.15) is 0 Å². The molecule has 21 heavy (non-hydrogen) atoms. The van der Waals surface area contributed by atoms with Gasteiger partial charge in [-0.05, 0) is 37.7 Å². The van der Waals surface area contributed by atoms with Crippen LogP contribution in [0.25, 0.3) is 0 Å². The van der Waals surface area contributed by atoms with Crippen LogP contribution in [-0.2, 0) is 9.53 Å². The SMILES string of the molecule is CCOC(=O)C1=C(C)N(C)C(=S)N[C@H]1c1ccccc1Br. The molecular formula is C15H17BrN2O2S. The topological polar surface area (TPSA) is 41.6 Å². The molecule has 1 heterocycles. The summed E-state index contributed by atoms with van der Waals surface area (Å²) >= 11 is 8.87. The first-order valence-electron chi connectivity index (χ1n) is 6.63. The Kier molecular flexibility index (Phi) is 5.00. The van der Waals surface area contributed by atoms with Crippen LogP contribution in [-0.4, -0.2) is 29.6 Å². The van der Waals surface area contributed by atoms with Gasteiger partial charge in [-0.3, -0.25) is 0 Å².